The minimum Gasteiger partial charge on any atom is -0.321 e. The number of benzene rings is 1. The molecule has 98 valence electrons. The van der Waals surface area contributed by atoms with Crippen LogP contribution in [0.2, 0.25) is 5.02 Å². The lowest BCUT2D eigenvalue weighted by molar-refractivity contribution is 0.102. The molecule has 4 nitrogen and oxygen atoms in total. The van der Waals surface area contributed by atoms with Crippen molar-refractivity contribution < 1.29 is 4.79 Å². The Kier molecular flexibility index (Phi) is 4.07. The SMILES string of the molecule is Cn1ccc(C(=O)Nc2ccc(Br)cc2Cl)cc1=O. The maximum absolute atomic E-state index is 12.0. The normalized spacial score (nSPS) is 10.3. The first-order valence-corrected chi connectivity index (χ1v) is 6.57. The van der Waals surface area contributed by atoms with Crippen molar-refractivity contribution in [1.82, 2.24) is 4.57 Å². The van der Waals surface area contributed by atoms with Crippen molar-refractivity contribution in [2.24, 2.45) is 7.05 Å². The van der Waals surface area contributed by atoms with E-state index in [-0.39, 0.29) is 11.5 Å². The second-order valence-corrected chi connectivity index (χ2v) is 5.27. The number of hydrogen-bond donors (Lipinski definition) is 1. The topological polar surface area (TPSA) is 51.1 Å². The number of pyridine rings is 1. The maximum Gasteiger partial charge on any atom is 0.255 e. The molecule has 2 aromatic rings. The van der Waals surface area contributed by atoms with Gasteiger partial charge in [-0.3, -0.25) is 9.59 Å². The molecule has 1 amide bonds. The highest BCUT2D eigenvalue weighted by molar-refractivity contribution is 9.10. The summed E-state index contributed by atoms with van der Waals surface area (Å²) in [5.41, 5.74) is 0.548. The highest BCUT2D eigenvalue weighted by Gasteiger charge is 2.09. The van der Waals surface area contributed by atoms with Crippen molar-refractivity contribution in [3.63, 3.8) is 0 Å². The number of carbonyl (C=O) groups excluding carboxylic acids is 1. The lowest BCUT2D eigenvalue weighted by Crippen LogP contribution is -2.20. The molecule has 0 bridgehead atoms. The van der Waals surface area contributed by atoms with Crippen molar-refractivity contribution in [1.29, 1.82) is 0 Å². The number of halogens is 2. The van der Waals surface area contributed by atoms with Crippen LogP contribution >= 0.6 is 27.5 Å². The molecular weight excluding hydrogens is 332 g/mol. The van der Waals surface area contributed by atoms with Crippen LogP contribution in [0.5, 0.6) is 0 Å². The fraction of sp³-hybridized carbons (Fsp3) is 0.0769. The first kappa shape index (κ1) is 13.8. The van der Waals surface area contributed by atoms with Crippen LogP contribution in [0.15, 0.2) is 45.8 Å². The van der Waals surface area contributed by atoms with Crippen molar-refractivity contribution in [2.75, 3.05) is 5.32 Å². The van der Waals surface area contributed by atoms with Gasteiger partial charge < -0.3 is 9.88 Å². The average molecular weight is 342 g/mol. The average Bonchev–Trinajstić information content (AvgIpc) is 2.36. The molecule has 2 rings (SSSR count). The molecule has 0 saturated carbocycles. The zero-order chi connectivity index (χ0) is 14.0. The van der Waals surface area contributed by atoms with Crippen molar-refractivity contribution in [2.45, 2.75) is 0 Å². The number of aromatic nitrogens is 1. The van der Waals surface area contributed by atoms with Gasteiger partial charge in [0.05, 0.1) is 10.7 Å². The number of anilines is 1. The van der Waals surface area contributed by atoms with E-state index >= 15 is 0 Å². The smallest absolute Gasteiger partial charge is 0.255 e. The van der Waals surface area contributed by atoms with E-state index in [9.17, 15) is 9.59 Å². The summed E-state index contributed by atoms with van der Waals surface area (Å²) in [7, 11) is 1.62. The van der Waals surface area contributed by atoms with Crippen LogP contribution in [0.3, 0.4) is 0 Å². The van der Waals surface area contributed by atoms with Gasteiger partial charge >= 0.3 is 0 Å². The summed E-state index contributed by atoms with van der Waals surface area (Å²) >= 11 is 9.29. The Labute approximate surface area is 123 Å². The molecule has 0 fully saturated rings. The zero-order valence-electron chi connectivity index (χ0n) is 9.98. The molecule has 0 aliphatic heterocycles. The lowest BCUT2D eigenvalue weighted by Gasteiger charge is -2.07. The Morgan fingerprint density at radius 1 is 1.32 bits per heavy atom. The van der Waals surface area contributed by atoms with Gasteiger partial charge in [-0.25, -0.2) is 0 Å². The molecule has 0 unspecified atom stereocenters. The molecular formula is C13H10BrClN2O2. The van der Waals surface area contributed by atoms with Gasteiger partial charge in [0.15, 0.2) is 0 Å². The van der Waals surface area contributed by atoms with E-state index in [2.05, 4.69) is 21.2 Å². The van der Waals surface area contributed by atoms with E-state index in [0.29, 0.717) is 16.3 Å². The van der Waals surface area contributed by atoms with Crippen LogP contribution in [-0.2, 0) is 7.05 Å². The van der Waals surface area contributed by atoms with E-state index in [4.69, 9.17) is 11.6 Å². The van der Waals surface area contributed by atoms with Crippen LogP contribution in [0.4, 0.5) is 5.69 Å². The third-order valence-electron chi connectivity index (χ3n) is 2.55. The number of amides is 1. The summed E-state index contributed by atoms with van der Waals surface area (Å²) in [4.78, 5) is 23.4. The largest absolute Gasteiger partial charge is 0.321 e. The van der Waals surface area contributed by atoms with E-state index in [1.807, 2.05) is 0 Å². The third-order valence-corrected chi connectivity index (χ3v) is 3.35. The van der Waals surface area contributed by atoms with E-state index in [0.717, 1.165) is 4.47 Å². The van der Waals surface area contributed by atoms with Gasteiger partial charge in [0.1, 0.15) is 0 Å². The number of carbonyl (C=O) groups is 1. The molecule has 1 aromatic carbocycles. The molecule has 1 aromatic heterocycles. The second kappa shape index (κ2) is 5.59. The number of hydrogen-bond acceptors (Lipinski definition) is 2. The Morgan fingerprint density at radius 2 is 2.05 bits per heavy atom. The van der Waals surface area contributed by atoms with Crippen LogP contribution in [0.25, 0.3) is 0 Å². The Hall–Kier alpha value is -1.59. The first-order chi connectivity index (χ1) is 8.97. The number of nitrogens with zero attached hydrogens (tertiary/aromatic N) is 1. The third kappa shape index (κ3) is 3.24. The zero-order valence-corrected chi connectivity index (χ0v) is 12.3. The van der Waals surface area contributed by atoms with Crippen molar-refractivity contribution in [3.8, 4) is 0 Å². The second-order valence-electron chi connectivity index (χ2n) is 3.94. The minimum atomic E-state index is -0.373. The van der Waals surface area contributed by atoms with Gasteiger partial charge in [0.25, 0.3) is 11.5 Å². The molecule has 19 heavy (non-hydrogen) atoms. The summed E-state index contributed by atoms with van der Waals surface area (Å²) in [5, 5.41) is 3.08. The van der Waals surface area contributed by atoms with E-state index in [1.165, 1.54) is 10.6 Å². The molecule has 1 N–H and O–H groups in total. The number of aryl methyl sites for hydroxylation is 1. The monoisotopic (exact) mass is 340 g/mol. The lowest BCUT2D eigenvalue weighted by atomic mass is 10.2. The summed E-state index contributed by atoms with van der Waals surface area (Å²) in [6.07, 6.45) is 1.54. The van der Waals surface area contributed by atoms with Gasteiger partial charge in [-0.1, -0.05) is 27.5 Å². The Balaban J connectivity index is 2.25. The van der Waals surface area contributed by atoms with E-state index < -0.39 is 0 Å². The van der Waals surface area contributed by atoms with Crippen molar-refractivity contribution >= 4 is 39.1 Å². The van der Waals surface area contributed by atoms with Crippen LogP contribution < -0.4 is 10.9 Å². The fourth-order valence-electron chi connectivity index (χ4n) is 1.48. The fourth-order valence-corrected chi connectivity index (χ4v) is 2.20. The first-order valence-electron chi connectivity index (χ1n) is 5.40. The molecule has 0 aliphatic carbocycles. The molecule has 0 atom stereocenters. The quantitative estimate of drug-likeness (QED) is 0.913. The number of nitrogens with one attached hydrogen (secondary N) is 1. The van der Waals surface area contributed by atoms with Crippen LogP contribution in [0, 0.1) is 0 Å². The minimum absolute atomic E-state index is 0.241. The van der Waals surface area contributed by atoms with Crippen LogP contribution in [-0.4, -0.2) is 10.5 Å². The summed E-state index contributed by atoms with van der Waals surface area (Å²) in [6, 6.07) is 7.99. The molecule has 6 heteroatoms. The Bertz CT molecular complexity index is 697. The van der Waals surface area contributed by atoms with Crippen molar-refractivity contribution in [3.05, 3.63) is 61.9 Å². The van der Waals surface area contributed by atoms with Crippen LogP contribution in [0.1, 0.15) is 10.4 Å². The summed E-state index contributed by atoms with van der Waals surface area (Å²) < 4.78 is 2.22. The van der Waals surface area contributed by atoms with Gasteiger partial charge in [0, 0.05) is 29.3 Å². The molecule has 0 spiro atoms. The molecule has 0 aliphatic rings. The standard InChI is InChI=1S/C13H10BrClN2O2/c1-17-5-4-8(6-12(17)18)13(19)16-11-3-2-9(14)7-10(11)15/h2-7H,1H3,(H,16,19). The van der Waals surface area contributed by atoms with Gasteiger partial charge in [-0.15, -0.1) is 0 Å². The number of rotatable bonds is 2. The molecule has 0 saturated heterocycles. The summed E-state index contributed by atoms with van der Waals surface area (Å²) in [5.74, 6) is -0.373. The molecule has 0 radical (unpaired) electrons. The summed E-state index contributed by atoms with van der Waals surface area (Å²) in [6.45, 7) is 0. The maximum atomic E-state index is 12.0. The van der Waals surface area contributed by atoms with Gasteiger partial charge in [-0.2, -0.15) is 0 Å². The highest BCUT2D eigenvalue weighted by atomic mass is 79.9. The van der Waals surface area contributed by atoms with E-state index in [1.54, 1.807) is 37.5 Å². The highest BCUT2D eigenvalue weighted by Crippen LogP contribution is 2.25. The molecule has 1 heterocycles. The predicted molar refractivity (Wildman–Crippen MR) is 78.8 cm³/mol. The Morgan fingerprint density at radius 3 is 2.68 bits per heavy atom. The predicted octanol–water partition coefficient (Wildman–Crippen LogP) is 3.05. The van der Waals surface area contributed by atoms with Gasteiger partial charge in [0.2, 0.25) is 0 Å². The van der Waals surface area contributed by atoms with Gasteiger partial charge in [-0.05, 0) is 24.3 Å².